The van der Waals surface area contributed by atoms with E-state index >= 15 is 0 Å². The van der Waals surface area contributed by atoms with Crippen LogP contribution < -0.4 is 5.32 Å². The van der Waals surface area contributed by atoms with Crippen LogP contribution in [0.4, 0.5) is 4.79 Å². The molecule has 1 aromatic heterocycles. The van der Waals surface area contributed by atoms with Crippen molar-refractivity contribution < 1.29 is 24.2 Å². The predicted molar refractivity (Wildman–Crippen MR) is 126 cm³/mol. The Morgan fingerprint density at radius 2 is 1.71 bits per heavy atom. The van der Waals surface area contributed by atoms with Crippen molar-refractivity contribution in [3.05, 3.63) is 77.9 Å². The second-order valence-electron chi connectivity index (χ2n) is 9.33. The van der Waals surface area contributed by atoms with Crippen LogP contribution in [0.2, 0.25) is 0 Å². The number of nitrogens with one attached hydrogen (secondary N) is 1. The number of nitrogens with zero attached hydrogens (tertiary/aromatic N) is 2. The minimum Gasteiger partial charge on any atom is -0.480 e. The fraction of sp³-hybridized carbons (Fsp3) is 0.346. The van der Waals surface area contributed by atoms with Gasteiger partial charge in [0.2, 0.25) is 0 Å². The maximum atomic E-state index is 12.5. The van der Waals surface area contributed by atoms with E-state index in [1.54, 1.807) is 17.1 Å². The number of amides is 1. The van der Waals surface area contributed by atoms with E-state index < -0.39 is 18.1 Å². The normalized spacial score (nSPS) is 13.7. The summed E-state index contributed by atoms with van der Waals surface area (Å²) in [5.74, 6) is -1.26. The second kappa shape index (κ2) is 9.69. The lowest BCUT2D eigenvalue weighted by molar-refractivity contribution is -0.139. The summed E-state index contributed by atoms with van der Waals surface area (Å²) in [6.07, 6.45) is 2.54. The zero-order valence-electron chi connectivity index (χ0n) is 19.5. The van der Waals surface area contributed by atoms with E-state index in [0.717, 1.165) is 22.3 Å². The van der Waals surface area contributed by atoms with Crippen molar-refractivity contribution >= 4 is 12.1 Å². The molecule has 8 heteroatoms. The molecular weight excluding hydrogens is 434 g/mol. The van der Waals surface area contributed by atoms with Crippen molar-refractivity contribution in [1.29, 1.82) is 0 Å². The first-order valence-electron chi connectivity index (χ1n) is 11.2. The van der Waals surface area contributed by atoms with Gasteiger partial charge in [-0.15, -0.1) is 0 Å². The number of carboxylic acids is 1. The number of benzene rings is 2. The number of imidazole rings is 1. The highest BCUT2D eigenvalue weighted by Crippen LogP contribution is 2.44. The number of alkyl carbamates (subject to hydrolysis) is 1. The molecule has 1 aliphatic rings. The van der Waals surface area contributed by atoms with Crippen LogP contribution in [0, 0.1) is 0 Å². The molecule has 1 heterocycles. The standard InChI is InChI=1S/C26H29N3O5/c1-26(2,3)34-16-29-13-17(27-15-29)12-23(24(30)31)28-25(32)33-14-22-20-10-6-4-8-18(20)19-9-5-7-11-21(19)22/h4-11,13,15,22-23H,12,14,16H2,1-3H3,(H,28,32)(H,30,31). The SMILES string of the molecule is CC(C)(C)OCn1cnc(CC(NC(=O)OCC2c3ccccc3-c3ccccc32)C(=O)O)c1. The number of ether oxygens (including phenoxy) is 2. The number of hydrogen-bond donors (Lipinski definition) is 2. The van der Waals surface area contributed by atoms with Crippen molar-refractivity contribution in [1.82, 2.24) is 14.9 Å². The zero-order chi connectivity index (χ0) is 24.3. The Morgan fingerprint density at radius 3 is 2.29 bits per heavy atom. The average molecular weight is 464 g/mol. The molecule has 1 aliphatic carbocycles. The number of aromatic nitrogens is 2. The number of hydrogen-bond acceptors (Lipinski definition) is 5. The Morgan fingerprint density at radius 1 is 1.09 bits per heavy atom. The lowest BCUT2D eigenvalue weighted by atomic mass is 9.98. The van der Waals surface area contributed by atoms with E-state index in [9.17, 15) is 14.7 Å². The molecule has 178 valence electrons. The van der Waals surface area contributed by atoms with Crippen LogP contribution in [0.3, 0.4) is 0 Å². The fourth-order valence-corrected chi connectivity index (χ4v) is 4.04. The molecule has 8 nitrogen and oxygen atoms in total. The third-order valence-corrected chi connectivity index (χ3v) is 5.68. The van der Waals surface area contributed by atoms with Gasteiger partial charge in [0.1, 0.15) is 19.4 Å². The fourth-order valence-electron chi connectivity index (χ4n) is 4.04. The summed E-state index contributed by atoms with van der Waals surface area (Å²) in [6, 6.07) is 14.9. The summed E-state index contributed by atoms with van der Waals surface area (Å²) in [4.78, 5) is 28.5. The zero-order valence-corrected chi connectivity index (χ0v) is 19.5. The van der Waals surface area contributed by atoms with Crippen LogP contribution >= 0.6 is 0 Å². The van der Waals surface area contributed by atoms with Gasteiger partial charge in [0, 0.05) is 18.5 Å². The largest absolute Gasteiger partial charge is 0.480 e. The van der Waals surface area contributed by atoms with E-state index in [1.807, 2.05) is 57.2 Å². The van der Waals surface area contributed by atoms with Crippen LogP contribution in [0.25, 0.3) is 11.1 Å². The number of carboxylic acid groups (broad SMARTS) is 1. The lowest BCUT2D eigenvalue weighted by Crippen LogP contribution is -2.43. The van der Waals surface area contributed by atoms with Gasteiger partial charge in [0.25, 0.3) is 0 Å². The third kappa shape index (κ3) is 5.46. The Hall–Kier alpha value is -3.65. The Balaban J connectivity index is 1.36. The van der Waals surface area contributed by atoms with Crippen molar-refractivity contribution in [3.8, 4) is 11.1 Å². The molecule has 2 aromatic carbocycles. The van der Waals surface area contributed by atoms with Crippen LogP contribution in [-0.2, 0) is 27.4 Å². The molecule has 0 saturated carbocycles. The summed E-state index contributed by atoms with van der Waals surface area (Å²) >= 11 is 0. The van der Waals surface area contributed by atoms with Crippen LogP contribution in [0.5, 0.6) is 0 Å². The highest BCUT2D eigenvalue weighted by Gasteiger charge is 2.30. The van der Waals surface area contributed by atoms with Gasteiger partial charge in [0.05, 0.1) is 17.6 Å². The van der Waals surface area contributed by atoms with E-state index in [0.29, 0.717) is 12.4 Å². The van der Waals surface area contributed by atoms with Gasteiger partial charge in [-0.2, -0.15) is 0 Å². The number of rotatable bonds is 8. The predicted octanol–water partition coefficient (Wildman–Crippen LogP) is 4.19. The molecule has 3 aromatic rings. The molecule has 0 bridgehead atoms. The molecule has 0 spiro atoms. The van der Waals surface area contributed by atoms with Crippen molar-refractivity contribution in [2.75, 3.05) is 6.61 Å². The molecule has 4 rings (SSSR count). The molecular formula is C26H29N3O5. The highest BCUT2D eigenvalue weighted by atomic mass is 16.5. The van der Waals surface area contributed by atoms with Gasteiger partial charge in [-0.25, -0.2) is 14.6 Å². The summed E-state index contributed by atoms with van der Waals surface area (Å²) in [5, 5.41) is 12.1. The molecule has 0 fully saturated rings. The average Bonchev–Trinajstić information content (AvgIpc) is 3.37. The minimum atomic E-state index is -1.16. The maximum absolute atomic E-state index is 12.5. The van der Waals surface area contributed by atoms with Crippen molar-refractivity contribution in [3.63, 3.8) is 0 Å². The maximum Gasteiger partial charge on any atom is 0.407 e. The van der Waals surface area contributed by atoms with E-state index in [2.05, 4.69) is 22.4 Å². The summed E-state index contributed by atoms with van der Waals surface area (Å²) in [5.41, 5.74) is 4.66. The van der Waals surface area contributed by atoms with Gasteiger partial charge in [-0.05, 0) is 43.0 Å². The molecule has 1 atom stereocenters. The number of carbonyl (C=O) groups is 2. The quantitative estimate of drug-likeness (QED) is 0.519. The van der Waals surface area contributed by atoms with Crippen molar-refractivity contribution in [2.24, 2.45) is 0 Å². The van der Waals surface area contributed by atoms with Crippen LogP contribution in [0.15, 0.2) is 61.1 Å². The van der Waals surface area contributed by atoms with E-state index in [-0.39, 0.29) is 24.5 Å². The molecule has 1 unspecified atom stereocenters. The number of carbonyl (C=O) groups excluding carboxylic acids is 1. The smallest absolute Gasteiger partial charge is 0.407 e. The molecule has 2 N–H and O–H groups in total. The Bertz CT molecular complexity index is 1140. The Kier molecular flexibility index (Phi) is 6.70. The first-order chi connectivity index (χ1) is 16.2. The van der Waals surface area contributed by atoms with Crippen LogP contribution in [0.1, 0.15) is 43.5 Å². The molecule has 0 radical (unpaired) electrons. The van der Waals surface area contributed by atoms with Gasteiger partial charge >= 0.3 is 12.1 Å². The van der Waals surface area contributed by atoms with Crippen molar-refractivity contribution in [2.45, 2.75) is 51.5 Å². The molecule has 34 heavy (non-hydrogen) atoms. The van der Waals surface area contributed by atoms with Crippen LogP contribution in [-0.4, -0.2) is 45.0 Å². The summed E-state index contributed by atoms with van der Waals surface area (Å²) < 4.78 is 12.9. The first kappa shape index (κ1) is 23.5. The summed E-state index contributed by atoms with van der Waals surface area (Å²) in [7, 11) is 0. The van der Waals surface area contributed by atoms with E-state index in [1.165, 1.54) is 0 Å². The molecule has 1 amide bonds. The van der Waals surface area contributed by atoms with Gasteiger partial charge < -0.3 is 24.5 Å². The van der Waals surface area contributed by atoms with Gasteiger partial charge in [0.15, 0.2) is 0 Å². The number of aliphatic carboxylic acids is 1. The third-order valence-electron chi connectivity index (χ3n) is 5.68. The van der Waals surface area contributed by atoms with Gasteiger partial charge in [-0.3, -0.25) is 0 Å². The number of fused-ring (bicyclic) bond motifs is 3. The summed E-state index contributed by atoms with van der Waals surface area (Å²) in [6.45, 7) is 6.26. The first-order valence-corrected chi connectivity index (χ1v) is 11.2. The highest BCUT2D eigenvalue weighted by molar-refractivity contribution is 5.81. The topological polar surface area (TPSA) is 103 Å². The minimum absolute atomic E-state index is 0.0298. The monoisotopic (exact) mass is 463 g/mol. The molecule has 0 aliphatic heterocycles. The second-order valence-corrected chi connectivity index (χ2v) is 9.33. The molecule has 0 saturated heterocycles. The van der Waals surface area contributed by atoms with E-state index in [4.69, 9.17) is 9.47 Å². The Labute approximate surface area is 198 Å². The van der Waals surface area contributed by atoms with Gasteiger partial charge in [-0.1, -0.05) is 48.5 Å². The lowest BCUT2D eigenvalue weighted by Gasteiger charge is -2.19.